The number of carboxylic acids is 2. The fourth-order valence-corrected chi connectivity index (χ4v) is 2.39. The van der Waals surface area contributed by atoms with Gasteiger partial charge in [0.1, 0.15) is 6.61 Å². The highest BCUT2D eigenvalue weighted by atomic mass is 32.1. The van der Waals surface area contributed by atoms with Gasteiger partial charge in [0, 0.05) is 30.8 Å². The molecule has 1 aromatic heterocycles. The maximum Gasteiger partial charge on any atom is 0.328 e. The molecule has 0 unspecified atom stereocenters. The molecular weight excluding hydrogens is 420 g/mol. The van der Waals surface area contributed by atoms with Crippen molar-refractivity contribution >= 4 is 35.5 Å². The first-order chi connectivity index (χ1) is 14.1. The van der Waals surface area contributed by atoms with Gasteiger partial charge in [-0.3, -0.25) is 4.79 Å². The van der Waals surface area contributed by atoms with Gasteiger partial charge in [0.2, 0.25) is 5.82 Å². The van der Waals surface area contributed by atoms with Crippen molar-refractivity contribution in [1.29, 1.82) is 0 Å². The van der Waals surface area contributed by atoms with E-state index >= 15 is 0 Å². The van der Waals surface area contributed by atoms with Crippen molar-refractivity contribution < 1.29 is 38.9 Å². The molecular formula is C17H26N4O8S. The number of nitrogens with zero attached hydrogens (tertiary/aromatic N) is 3. The number of carbonyl (C=O) groups is 3. The Balaban J connectivity index is 0.000000479. The minimum absolute atomic E-state index is 0.142. The van der Waals surface area contributed by atoms with Crippen molar-refractivity contribution in [2.24, 2.45) is 0 Å². The summed E-state index contributed by atoms with van der Waals surface area (Å²) in [5.41, 5.74) is 2.40. The molecule has 0 aliphatic carbocycles. The van der Waals surface area contributed by atoms with Gasteiger partial charge in [0.15, 0.2) is 0 Å². The first-order valence-electron chi connectivity index (χ1n) is 8.97. The molecule has 0 bridgehead atoms. The first-order valence-corrected chi connectivity index (χ1v) is 9.70. The van der Waals surface area contributed by atoms with E-state index in [2.05, 4.69) is 19.1 Å². The summed E-state index contributed by atoms with van der Waals surface area (Å²) in [6.07, 6.45) is 1.26. The number of hydrogen-bond donors (Lipinski definition) is 3. The van der Waals surface area contributed by atoms with Crippen molar-refractivity contribution in [2.75, 3.05) is 37.8 Å². The monoisotopic (exact) mass is 446 g/mol. The number of aliphatic carboxylic acids is 2. The van der Waals surface area contributed by atoms with Gasteiger partial charge < -0.3 is 29.4 Å². The summed E-state index contributed by atoms with van der Waals surface area (Å²) in [5, 5.41) is 15.6. The normalized spacial score (nSPS) is 14.0. The summed E-state index contributed by atoms with van der Waals surface area (Å²) in [7, 11) is 0. The third kappa shape index (κ3) is 11.3. The lowest BCUT2D eigenvalue weighted by Crippen LogP contribution is -2.37. The predicted octanol–water partition coefficient (Wildman–Crippen LogP) is 0.702. The number of morpholine rings is 1. The average molecular weight is 446 g/mol. The Morgan fingerprint density at radius 1 is 1.17 bits per heavy atom. The van der Waals surface area contributed by atoms with Crippen LogP contribution in [0.25, 0.3) is 0 Å². The molecule has 0 saturated carbocycles. The molecule has 3 N–H and O–H groups in total. The number of rotatable bonds is 8. The molecule has 1 aliphatic heterocycles. The second-order valence-corrected chi connectivity index (χ2v) is 7.46. The summed E-state index contributed by atoms with van der Waals surface area (Å²) in [4.78, 5) is 37.7. The summed E-state index contributed by atoms with van der Waals surface area (Å²) in [6.45, 7) is 8.79. The van der Waals surface area contributed by atoms with E-state index in [0.717, 1.165) is 30.6 Å². The number of hydroxylamine groups is 1. The molecule has 12 nitrogen and oxygen atoms in total. The van der Waals surface area contributed by atoms with Crippen LogP contribution in [0.3, 0.4) is 0 Å². The van der Waals surface area contributed by atoms with Crippen molar-refractivity contribution in [3.05, 3.63) is 12.2 Å². The second-order valence-electron chi connectivity index (χ2n) is 6.93. The molecule has 2 heterocycles. The van der Waals surface area contributed by atoms with Gasteiger partial charge in [0.25, 0.3) is 5.88 Å². The first kappa shape index (κ1) is 25.3. The maximum absolute atomic E-state index is 11.6. The van der Waals surface area contributed by atoms with Crippen LogP contribution in [0.15, 0.2) is 12.2 Å². The van der Waals surface area contributed by atoms with Gasteiger partial charge in [-0.2, -0.15) is 4.37 Å². The third-order valence-electron chi connectivity index (χ3n) is 3.14. The Kier molecular flexibility index (Phi) is 10.7. The number of aromatic nitrogens is 2. The number of ether oxygens (including phenoxy) is 2. The minimum Gasteiger partial charge on any atom is -0.478 e. The molecule has 1 fully saturated rings. The van der Waals surface area contributed by atoms with Crippen LogP contribution in [0.2, 0.25) is 0 Å². The smallest absolute Gasteiger partial charge is 0.328 e. The number of hydrogen-bond acceptors (Lipinski definition) is 11. The number of carboxylic acid groups (broad SMARTS) is 2. The van der Waals surface area contributed by atoms with Crippen LogP contribution in [-0.2, 0) is 24.0 Å². The molecule has 30 heavy (non-hydrogen) atoms. The van der Waals surface area contributed by atoms with E-state index in [1.807, 2.05) is 20.8 Å². The minimum atomic E-state index is -1.26. The van der Waals surface area contributed by atoms with Crippen LogP contribution in [0.4, 0.5) is 5.82 Å². The highest BCUT2D eigenvalue weighted by Gasteiger charge is 2.20. The van der Waals surface area contributed by atoms with E-state index in [0.29, 0.717) is 31.2 Å². The fourth-order valence-electron chi connectivity index (χ4n) is 1.87. The summed E-state index contributed by atoms with van der Waals surface area (Å²) >= 11 is 1.10. The molecule has 1 aliphatic rings. The Morgan fingerprint density at radius 2 is 1.77 bits per heavy atom. The largest absolute Gasteiger partial charge is 0.478 e. The molecule has 0 radical (unpaired) electrons. The maximum atomic E-state index is 11.6. The van der Waals surface area contributed by atoms with Crippen LogP contribution in [0.1, 0.15) is 27.2 Å². The Bertz CT molecular complexity index is 710. The zero-order chi connectivity index (χ0) is 22.6. The number of nitrogens with one attached hydrogen (secondary N) is 1. The average Bonchev–Trinajstić information content (AvgIpc) is 3.14. The number of anilines is 1. The molecule has 13 heteroatoms. The number of carbonyl (C=O) groups excluding carboxylic acids is 1. The van der Waals surface area contributed by atoms with Crippen LogP contribution in [-0.4, -0.2) is 75.3 Å². The molecule has 1 aromatic rings. The van der Waals surface area contributed by atoms with Crippen molar-refractivity contribution in [1.82, 2.24) is 14.2 Å². The summed E-state index contributed by atoms with van der Waals surface area (Å²) < 4.78 is 19.3. The lowest BCUT2D eigenvalue weighted by molar-refractivity contribution is -0.155. The Labute approximate surface area is 177 Å². The molecule has 2 rings (SSSR count). The van der Waals surface area contributed by atoms with E-state index in [9.17, 15) is 14.4 Å². The quantitative estimate of drug-likeness (QED) is 0.379. The van der Waals surface area contributed by atoms with Gasteiger partial charge in [-0.15, -0.1) is 9.85 Å². The van der Waals surface area contributed by atoms with E-state index < -0.39 is 11.9 Å². The highest BCUT2D eigenvalue weighted by molar-refractivity contribution is 6.99. The molecule has 0 amide bonds. The SMILES string of the molecule is CC(C)(C)NOC(=O)CCOc1nsnc1N1CCOCC1.O=C(O)C=CC(=O)O. The van der Waals surface area contributed by atoms with Gasteiger partial charge in [-0.25, -0.2) is 9.59 Å². The van der Waals surface area contributed by atoms with Crippen LogP contribution >= 0.6 is 11.7 Å². The van der Waals surface area contributed by atoms with Gasteiger partial charge in [-0.1, -0.05) is 0 Å². The lowest BCUT2D eigenvalue weighted by Gasteiger charge is -2.26. The van der Waals surface area contributed by atoms with Crippen molar-refractivity contribution in [3.63, 3.8) is 0 Å². The van der Waals surface area contributed by atoms with Crippen LogP contribution in [0, 0.1) is 0 Å². The molecule has 0 atom stereocenters. The molecule has 168 valence electrons. The Morgan fingerprint density at radius 3 is 2.30 bits per heavy atom. The zero-order valence-electron chi connectivity index (χ0n) is 17.0. The second kappa shape index (κ2) is 12.7. The topological polar surface area (TPSA) is 160 Å². The van der Waals surface area contributed by atoms with Crippen molar-refractivity contribution in [2.45, 2.75) is 32.7 Å². The van der Waals surface area contributed by atoms with Crippen molar-refractivity contribution in [3.8, 4) is 5.88 Å². The van der Waals surface area contributed by atoms with Gasteiger partial charge in [-0.05, 0) is 20.8 Å². The van der Waals surface area contributed by atoms with Gasteiger partial charge in [0.05, 0.1) is 31.4 Å². The lowest BCUT2D eigenvalue weighted by atomic mass is 10.1. The van der Waals surface area contributed by atoms with Crippen LogP contribution < -0.4 is 15.1 Å². The molecule has 0 aromatic carbocycles. The summed E-state index contributed by atoms with van der Waals surface area (Å²) in [6, 6.07) is 0. The molecule has 0 spiro atoms. The van der Waals surface area contributed by atoms with E-state index in [-0.39, 0.29) is 24.5 Å². The standard InChI is InChI=1S/C13H22N4O4S.C4H4O4/c1-13(2,3)16-21-10(18)4-7-20-12-11(14-22-15-12)17-5-8-19-9-6-17;5-3(6)1-2-4(7)8/h16H,4-9H2,1-3H3;1-2H,(H,5,6)(H,7,8). The van der Waals surface area contributed by atoms with Gasteiger partial charge >= 0.3 is 17.9 Å². The highest BCUT2D eigenvalue weighted by Crippen LogP contribution is 2.26. The van der Waals surface area contributed by atoms with Crippen LogP contribution in [0.5, 0.6) is 5.88 Å². The van der Waals surface area contributed by atoms with E-state index in [4.69, 9.17) is 24.5 Å². The fraction of sp³-hybridized carbons (Fsp3) is 0.588. The molecule has 1 saturated heterocycles. The third-order valence-corrected chi connectivity index (χ3v) is 3.64. The zero-order valence-corrected chi connectivity index (χ0v) is 17.8. The predicted molar refractivity (Wildman–Crippen MR) is 106 cm³/mol. The Hall–Kier alpha value is -2.77. The van der Waals surface area contributed by atoms with E-state index in [1.165, 1.54) is 0 Å². The summed E-state index contributed by atoms with van der Waals surface area (Å²) in [5.74, 6) is -1.70. The van der Waals surface area contributed by atoms with E-state index in [1.54, 1.807) is 0 Å².